The maximum atomic E-state index is 2.44. The van der Waals surface area contributed by atoms with Crippen molar-refractivity contribution in [1.29, 1.82) is 0 Å². The summed E-state index contributed by atoms with van der Waals surface area (Å²) in [4.78, 5) is 0. The molecule has 0 radical (unpaired) electrons. The van der Waals surface area contributed by atoms with Crippen LogP contribution in [0.2, 0.25) is 0 Å². The first-order valence-electron chi connectivity index (χ1n) is 4.09. The maximum absolute atomic E-state index is 2.44. The minimum atomic E-state index is 0.852. The van der Waals surface area contributed by atoms with Gasteiger partial charge in [0.05, 0.1) is 13.6 Å². The van der Waals surface area contributed by atoms with Crippen LogP contribution in [0.25, 0.3) is 0 Å². The highest BCUT2D eigenvalue weighted by Gasteiger charge is 2.74. The minimum Gasteiger partial charge on any atom is -0.311 e. The van der Waals surface area contributed by atoms with Crippen LogP contribution in [0.4, 0.5) is 0 Å². The first-order chi connectivity index (χ1) is 4.24. The molecule has 0 amide bonds. The second-order valence-electron chi connectivity index (χ2n) is 4.57. The van der Waals surface area contributed by atoms with Gasteiger partial charge in [-0.15, -0.1) is 0 Å². The second-order valence-corrected chi connectivity index (χ2v) is 4.57. The Morgan fingerprint density at radius 2 is 2.44 bits per heavy atom. The van der Waals surface area contributed by atoms with E-state index in [9.17, 15) is 0 Å². The Morgan fingerprint density at radius 3 is 2.78 bits per heavy atom. The van der Waals surface area contributed by atoms with Crippen molar-refractivity contribution in [1.82, 2.24) is 0 Å². The molecule has 1 nitrogen and oxygen atoms in total. The van der Waals surface area contributed by atoms with Gasteiger partial charge in [-0.2, -0.15) is 0 Å². The molecule has 9 heavy (non-hydrogen) atoms. The topological polar surface area (TPSA) is 0 Å². The van der Waals surface area contributed by atoms with Crippen molar-refractivity contribution < 1.29 is 4.48 Å². The molecule has 1 spiro atoms. The fraction of sp³-hybridized carbons (Fsp3) is 1.00. The van der Waals surface area contributed by atoms with Crippen LogP contribution in [-0.2, 0) is 0 Å². The van der Waals surface area contributed by atoms with Crippen molar-refractivity contribution in [3.05, 3.63) is 0 Å². The fourth-order valence-electron chi connectivity index (χ4n) is 3.45. The van der Waals surface area contributed by atoms with Crippen LogP contribution in [0.15, 0.2) is 0 Å². The molecule has 1 aliphatic carbocycles. The van der Waals surface area contributed by atoms with Crippen molar-refractivity contribution in [3.63, 3.8) is 0 Å². The molecule has 0 aromatic carbocycles. The molecule has 2 aliphatic heterocycles. The summed E-state index contributed by atoms with van der Waals surface area (Å²) in [5.41, 5.74) is 0.852. The molecular weight excluding hydrogens is 110 g/mol. The lowest BCUT2D eigenvalue weighted by molar-refractivity contribution is -0.802. The third-order valence-corrected chi connectivity index (χ3v) is 4.03. The summed E-state index contributed by atoms with van der Waals surface area (Å²) < 4.78 is 1.46. The molecule has 2 heterocycles. The molecule has 3 rings (SSSR count). The average Bonchev–Trinajstić information content (AvgIpc) is 2.16. The molecule has 3 unspecified atom stereocenters. The quantitative estimate of drug-likeness (QED) is 0.334. The molecule has 0 aromatic rings. The average molecular weight is 124 g/mol. The Balaban J connectivity index is 2.08. The number of quaternary nitrogens is 1. The Labute approximate surface area is 56.2 Å². The van der Waals surface area contributed by atoms with Crippen LogP contribution in [0.1, 0.15) is 19.3 Å². The van der Waals surface area contributed by atoms with Gasteiger partial charge in [0, 0.05) is 18.8 Å². The Bertz CT molecular complexity index is 171. The first-order valence-corrected chi connectivity index (χ1v) is 4.09. The van der Waals surface area contributed by atoms with Gasteiger partial charge in [0.15, 0.2) is 0 Å². The van der Waals surface area contributed by atoms with Crippen LogP contribution < -0.4 is 0 Å². The molecule has 2 saturated heterocycles. The molecular formula is C8H14N+. The number of hydrogen-bond acceptors (Lipinski definition) is 0. The molecule has 0 N–H and O–H groups in total. The van der Waals surface area contributed by atoms with Crippen LogP contribution in [0.5, 0.6) is 0 Å². The van der Waals surface area contributed by atoms with E-state index >= 15 is 0 Å². The zero-order valence-corrected chi connectivity index (χ0v) is 6.06. The SMILES string of the molecule is C[N+]12CC3CCC1(C3)C2. The van der Waals surface area contributed by atoms with E-state index in [2.05, 4.69) is 7.05 Å². The number of likely N-dealkylation sites (N-methyl/N-ethyl adjacent to an activating group) is 1. The summed E-state index contributed by atoms with van der Waals surface area (Å²) in [6.07, 6.45) is 4.67. The molecule has 2 bridgehead atoms. The predicted molar refractivity (Wildman–Crippen MR) is 36.0 cm³/mol. The van der Waals surface area contributed by atoms with E-state index in [0.29, 0.717) is 0 Å². The lowest BCUT2D eigenvalue weighted by Gasteiger charge is -2.17. The summed E-state index contributed by atoms with van der Waals surface area (Å²) in [6.45, 7) is 3.03. The molecule has 3 atom stereocenters. The fourth-order valence-corrected chi connectivity index (χ4v) is 3.45. The van der Waals surface area contributed by atoms with Gasteiger partial charge in [0.1, 0.15) is 12.1 Å². The number of fused-ring (bicyclic) bond motifs is 1. The second kappa shape index (κ2) is 0.968. The third-order valence-electron chi connectivity index (χ3n) is 4.03. The lowest BCUT2D eigenvalue weighted by Crippen LogP contribution is -2.29. The summed E-state index contributed by atoms with van der Waals surface area (Å²) in [6, 6.07) is 0. The van der Waals surface area contributed by atoms with Crippen molar-refractivity contribution in [2.75, 3.05) is 20.1 Å². The lowest BCUT2D eigenvalue weighted by atomic mass is 10.1. The molecule has 3 aliphatic rings. The van der Waals surface area contributed by atoms with E-state index in [1.807, 2.05) is 0 Å². The van der Waals surface area contributed by atoms with Crippen LogP contribution in [0.3, 0.4) is 0 Å². The van der Waals surface area contributed by atoms with E-state index in [4.69, 9.17) is 0 Å². The van der Waals surface area contributed by atoms with Gasteiger partial charge in [-0.05, 0) is 6.42 Å². The largest absolute Gasteiger partial charge is 0.311 e. The predicted octanol–water partition coefficient (Wildman–Crippen LogP) is 0.999. The Kier molecular flexibility index (Phi) is 0.508. The molecule has 1 heteroatoms. The van der Waals surface area contributed by atoms with E-state index in [0.717, 1.165) is 11.5 Å². The van der Waals surface area contributed by atoms with Gasteiger partial charge in [-0.1, -0.05) is 0 Å². The molecule has 50 valence electrons. The summed E-state index contributed by atoms with van der Waals surface area (Å²) in [5.74, 6) is 1.13. The van der Waals surface area contributed by atoms with Crippen LogP contribution in [0, 0.1) is 5.92 Å². The smallest absolute Gasteiger partial charge is 0.149 e. The number of nitrogens with zero attached hydrogens (tertiary/aromatic N) is 1. The first kappa shape index (κ1) is 4.73. The number of piperidine rings is 2. The summed E-state index contributed by atoms with van der Waals surface area (Å²) >= 11 is 0. The molecule has 1 saturated carbocycles. The highest BCUT2D eigenvalue weighted by atomic mass is 15.6. The zero-order valence-electron chi connectivity index (χ0n) is 6.06. The highest BCUT2D eigenvalue weighted by molar-refractivity contribution is 5.06. The van der Waals surface area contributed by atoms with Gasteiger partial charge in [0.2, 0.25) is 0 Å². The van der Waals surface area contributed by atoms with Gasteiger partial charge >= 0.3 is 0 Å². The van der Waals surface area contributed by atoms with Crippen LogP contribution >= 0.6 is 0 Å². The van der Waals surface area contributed by atoms with E-state index in [-0.39, 0.29) is 0 Å². The normalized spacial score (nSPS) is 68.3. The minimum absolute atomic E-state index is 0.852. The highest BCUT2D eigenvalue weighted by Crippen LogP contribution is 2.61. The maximum Gasteiger partial charge on any atom is 0.149 e. The van der Waals surface area contributed by atoms with Gasteiger partial charge < -0.3 is 4.48 Å². The van der Waals surface area contributed by atoms with Gasteiger partial charge in [0.25, 0.3) is 0 Å². The van der Waals surface area contributed by atoms with E-state index in [1.54, 1.807) is 19.3 Å². The number of hydrogen-bond donors (Lipinski definition) is 0. The van der Waals surface area contributed by atoms with Crippen molar-refractivity contribution in [2.24, 2.45) is 5.92 Å². The zero-order chi connectivity index (χ0) is 6.11. The number of rotatable bonds is 0. The summed E-state index contributed by atoms with van der Waals surface area (Å²) in [5, 5.41) is 0. The standard InChI is InChI=1S/C8H14N/c1-9-5-7-2-3-8(9,4-7)6-9/h7H,2-6H2,1H3/q+1. The van der Waals surface area contributed by atoms with E-state index < -0.39 is 0 Å². The summed E-state index contributed by atoms with van der Waals surface area (Å²) in [7, 11) is 2.44. The molecule has 3 fully saturated rings. The van der Waals surface area contributed by atoms with Gasteiger partial charge in [-0.3, -0.25) is 0 Å². The van der Waals surface area contributed by atoms with Crippen molar-refractivity contribution in [2.45, 2.75) is 24.8 Å². The van der Waals surface area contributed by atoms with Gasteiger partial charge in [-0.25, -0.2) is 0 Å². The molecule has 0 aromatic heterocycles. The Hall–Kier alpha value is -0.0400. The monoisotopic (exact) mass is 124 g/mol. The third kappa shape index (κ3) is 0.337. The van der Waals surface area contributed by atoms with E-state index in [1.165, 1.54) is 17.6 Å². The Morgan fingerprint density at radius 1 is 1.56 bits per heavy atom. The van der Waals surface area contributed by atoms with Crippen LogP contribution in [-0.4, -0.2) is 30.2 Å². The van der Waals surface area contributed by atoms with Crippen molar-refractivity contribution >= 4 is 0 Å². The van der Waals surface area contributed by atoms with Crippen molar-refractivity contribution in [3.8, 4) is 0 Å².